The van der Waals surface area contributed by atoms with E-state index in [9.17, 15) is 0 Å². The molecule has 25 heavy (non-hydrogen) atoms. The Kier molecular flexibility index (Phi) is 4.21. The summed E-state index contributed by atoms with van der Waals surface area (Å²) in [5.41, 5.74) is 8.01. The van der Waals surface area contributed by atoms with Crippen LogP contribution < -0.4 is 5.43 Å². The summed E-state index contributed by atoms with van der Waals surface area (Å²) in [4.78, 5) is 0. The van der Waals surface area contributed by atoms with E-state index in [-0.39, 0.29) is 0 Å². The summed E-state index contributed by atoms with van der Waals surface area (Å²) in [7, 11) is 0. The van der Waals surface area contributed by atoms with Gasteiger partial charge in [0.2, 0.25) is 0 Å². The van der Waals surface area contributed by atoms with Crippen LogP contribution in [0, 0.1) is 0 Å². The van der Waals surface area contributed by atoms with Gasteiger partial charge in [0.05, 0.1) is 12.8 Å². The van der Waals surface area contributed by atoms with Gasteiger partial charge in [0, 0.05) is 28.4 Å². The molecule has 1 aromatic heterocycles. The molecule has 3 heteroatoms. The normalized spacial score (nSPS) is 11.6. The third-order valence-corrected chi connectivity index (χ3v) is 4.54. The minimum Gasteiger partial charge on any atom is -0.341 e. The van der Waals surface area contributed by atoms with E-state index in [2.05, 4.69) is 76.6 Å². The monoisotopic (exact) mass is 327 g/mol. The lowest BCUT2D eigenvalue weighted by Crippen LogP contribution is -2.05. The summed E-state index contributed by atoms with van der Waals surface area (Å²) in [6.45, 7) is 3.89. The summed E-state index contributed by atoms with van der Waals surface area (Å²) in [6.07, 6.45) is 1.89. The molecule has 0 unspecified atom stereocenters. The molecule has 0 atom stereocenters. The number of aryl methyl sites for hydroxylation is 1. The van der Waals surface area contributed by atoms with Crippen LogP contribution in [0.1, 0.15) is 18.1 Å². The number of benzene rings is 3. The van der Waals surface area contributed by atoms with E-state index in [0.717, 1.165) is 18.7 Å². The minimum atomic E-state index is 0.731. The van der Waals surface area contributed by atoms with Crippen molar-refractivity contribution < 1.29 is 0 Å². The van der Waals surface area contributed by atoms with Crippen molar-refractivity contribution in [3.63, 3.8) is 0 Å². The zero-order valence-electron chi connectivity index (χ0n) is 14.3. The predicted molar refractivity (Wildman–Crippen MR) is 106 cm³/mol. The van der Waals surface area contributed by atoms with Crippen molar-refractivity contribution in [3.05, 3.63) is 83.9 Å². The largest absolute Gasteiger partial charge is 0.341 e. The van der Waals surface area contributed by atoms with Gasteiger partial charge < -0.3 is 9.99 Å². The number of para-hydroxylation sites is 1. The van der Waals surface area contributed by atoms with Gasteiger partial charge in [-0.15, -0.1) is 0 Å². The molecule has 1 heterocycles. The Hall–Kier alpha value is -3.07. The Balaban J connectivity index is 1.61. The van der Waals surface area contributed by atoms with E-state index in [0.29, 0.717) is 0 Å². The topological polar surface area (TPSA) is 29.3 Å². The lowest BCUT2D eigenvalue weighted by Gasteiger charge is -2.03. The van der Waals surface area contributed by atoms with Crippen LogP contribution in [0.15, 0.2) is 77.9 Å². The zero-order chi connectivity index (χ0) is 17.1. The molecule has 0 aliphatic heterocycles. The Labute approximate surface area is 147 Å². The molecule has 0 bridgehead atoms. The Bertz CT molecular complexity index is 1030. The van der Waals surface area contributed by atoms with Gasteiger partial charge in [-0.25, -0.2) is 0 Å². The molecule has 1 N–H and O–H groups in total. The molecule has 4 aromatic rings. The van der Waals surface area contributed by atoms with Crippen molar-refractivity contribution in [1.82, 2.24) is 9.99 Å². The van der Waals surface area contributed by atoms with E-state index in [4.69, 9.17) is 0 Å². The fourth-order valence-electron chi connectivity index (χ4n) is 3.35. The standard InChI is InChI=1S/C22H21N3/c1-2-25-21-11-7-6-10-19(21)20-14-18(12-13-22(20)25)16-24-23-15-17-8-4-3-5-9-17/h3-14,16,23H,2,15H2,1H3/b24-16-. The molecule has 124 valence electrons. The average molecular weight is 327 g/mol. The second kappa shape index (κ2) is 6.81. The highest BCUT2D eigenvalue weighted by atomic mass is 15.3. The second-order valence-electron chi connectivity index (χ2n) is 6.12. The SMILES string of the molecule is CCn1c2ccccc2c2cc(/C=N\NCc3ccccc3)ccc21. The highest BCUT2D eigenvalue weighted by Gasteiger charge is 2.08. The van der Waals surface area contributed by atoms with Gasteiger partial charge in [0.1, 0.15) is 0 Å². The number of aromatic nitrogens is 1. The quantitative estimate of drug-likeness (QED) is 0.408. The predicted octanol–water partition coefficient (Wildman–Crippen LogP) is 4.94. The van der Waals surface area contributed by atoms with Crippen LogP contribution in [0.2, 0.25) is 0 Å². The number of hydrogen-bond donors (Lipinski definition) is 1. The fourth-order valence-corrected chi connectivity index (χ4v) is 3.35. The number of nitrogens with zero attached hydrogens (tertiary/aromatic N) is 2. The van der Waals surface area contributed by atoms with Gasteiger partial charge >= 0.3 is 0 Å². The van der Waals surface area contributed by atoms with Crippen molar-refractivity contribution in [2.24, 2.45) is 5.10 Å². The molecule has 0 amide bonds. The maximum absolute atomic E-state index is 4.37. The lowest BCUT2D eigenvalue weighted by molar-refractivity contribution is 0.748. The highest BCUT2D eigenvalue weighted by Crippen LogP contribution is 2.29. The molecule has 0 radical (unpaired) electrons. The van der Waals surface area contributed by atoms with Crippen molar-refractivity contribution in [2.45, 2.75) is 20.0 Å². The van der Waals surface area contributed by atoms with Crippen LogP contribution in [0.4, 0.5) is 0 Å². The van der Waals surface area contributed by atoms with Crippen LogP contribution in [-0.2, 0) is 13.1 Å². The van der Waals surface area contributed by atoms with E-state index < -0.39 is 0 Å². The molecule has 0 aliphatic carbocycles. The van der Waals surface area contributed by atoms with Crippen LogP contribution >= 0.6 is 0 Å². The number of hydrazone groups is 1. The Morgan fingerprint density at radius 3 is 2.48 bits per heavy atom. The number of nitrogens with one attached hydrogen (secondary N) is 1. The van der Waals surface area contributed by atoms with E-state index in [1.54, 1.807) is 0 Å². The zero-order valence-corrected chi connectivity index (χ0v) is 14.3. The van der Waals surface area contributed by atoms with Gasteiger partial charge in [-0.2, -0.15) is 5.10 Å². The summed E-state index contributed by atoms with van der Waals surface area (Å²) in [6, 6.07) is 25.4. The molecule has 3 nitrogen and oxygen atoms in total. The summed E-state index contributed by atoms with van der Waals surface area (Å²) in [5.74, 6) is 0. The van der Waals surface area contributed by atoms with Gasteiger partial charge in [-0.3, -0.25) is 0 Å². The Morgan fingerprint density at radius 1 is 0.880 bits per heavy atom. The van der Waals surface area contributed by atoms with Crippen molar-refractivity contribution >= 4 is 28.0 Å². The molecule has 0 spiro atoms. The van der Waals surface area contributed by atoms with Gasteiger partial charge in [0.25, 0.3) is 0 Å². The maximum Gasteiger partial charge on any atom is 0.0580 e. The van der Waals surface area contributed by atoms with Crippen LogP contribution in [0.25, 0.3) is 21.8 Å². The lowest BCUT2D eigenvalue weighted by atomic mass is 10.1. The molecule has 0 aliphatic rings. The van der Waals surface area contributed by atoms with Gasteiger partial charge in [0.15, 0.2) is 0 Å². The molecular weight excluding hydrogens is 306 g/mol. The third kappa shape index (κ3) is 3.01. The first-order valence-electron chi connectivity index (χ1n) is 8.67. The van der Waals surface area contributed by atoms with Gasteiger partial charge in [-0.1, -0.05) is 54.6 Å². The van der Waals surface area contributed by atoms with Crippen molar-refractivity contribution in [2.75, 3.05) is 0 Å². The fraction of sp³-hybridized carbons (Fsp3) is 0.136. The summed E-state index contributed by atoms with van der Waals surface area (Å²) >= 11 is 0. The average Bonchev–Trinajstić information content (AvgIpc) is 2.99. The van der Waals surface area contributed by atoms with E-state index >= 15 is 0 Å². The first kappa shape index (κ1) is 15.5. The smallest absolute Gasteiger partial charge is 0.0580 e. The molecule has 0 saturated heterocycles. The first-order chi connectivity index (χ1) is 12.4. The molecule has 0 saturated carbocycles. The summed E-state index contributed by atoms with van der Waals surface area (Å²) < 4.78 is 2.36. The maximum atomic E-state index is 4.37. The summed E-state index contributed by atoms with van der Waals surface area (Å²) in [5, 5.41) is 6.95. The third-order valence-electron chi connectivity index (χ3n) is 4.54. The Morgan fingerprint density at radius 2 is 1.64 bits per heavy atom. The van der Waals surface area contributed by atoms with Crippen LogP contribution in [0.3, 0.4) is 0 Å². The molecule has 4 rings (SSSR count). The van der Waals surface area contributed by atoms with Crippen LogP contribution in [0.5, 0.6) is 0 Å². The van der Waals surface area contributed by atoms with Crippen molar-refractivity contribution in [3.8, 4) is 0 Å². The second-order valence-corrected chi connectivity index (χ2v) is 6.12. The van der Waals surface area contributed by atoms with E-state index in [1.165, 1.54) is 27.4 Å². The minimum absolute atomic E-state index is 0.731. The first-order valence-corrected chi connectivity index (χ1v) is 8.67. The molecule has 3 aromatic carbocycles. The van der Waals surface area contributed by atoms with Crippen molar-refractivity contribution in [1.29, 1.82) is 0 Å². The number of fused-ring (bicyclic) bond motifs is 3. The van der Waals surface area contributed by atoms with Crippen LogP contribution in [-0.4, -0.2) is 10.8 Å². The van der Waals surface area contributed by atoms with E-state index in [1.807, 2.05) is 24.4 Å². The molecular formula is C22H21N3. The highest BCUT2D eigenvalue weighted by molar-refractivity contribution is 6.09. The number of rotatable bonds is 5. The molecule has 0 fully saturated rings. The van der Waals surface area contributed by atoms with Gasteiger partial charge in [-0.05, 0) is 36.2 Å². The number of hydrogen-bond acceptors (Lipinski definition) is 2.